The molecule has 0 spiro atoms. The number of ether oxygens (including phenoxy) is 1. The molecule has 0 aliphatic rings. The maximum atomic E-state index is 11.1. The van der Waals surface area contributed by atoms with Crippen LogP contribution in [-0.4, -0.2) is 43.3 Å². The number of aromatic nitrogens is 5. The normalized spacial score (nSPS) is 12.2. The Kier molecular flexibility index (Phi) is 4.61. The van der Waals surface area contributed by atoms with Gasteiger partial charge in [-0.1, -0.05) is 23.9 Å². The van der Waals surface area contributed by atoms with Crippen molar-refractivity contribution in [3.63, 3.8) is 0 Å². The summed E-state index contributed by atoms with van der Waals surface area (Å²) in [4.78, 5) is 19.5. The molecule has 3 rings (SSSR count). The Morgan fingerprint density at radius 2 is 2.08 bits per heavy atom. The number of thioether (sulfide) groups is 1. The van der Waals surface area contributed by atoms with Crippen LogP contribution < -0.4 is 9.84 Å². The lowest BCUT2D eigenvalue weighted by Gasteiger charge is -2.14. The summed E-state index contributed by atoms with van der Waals surface area (Å²) in [5.41, 5.74) is 1.73. The lowest BCUT2D eigenvalue weighted by Crippen LogP contribution is -2.33. The van der Waals surface area contributed by atoms with Crippen LogP contribution in [0.25, 0.3) is 16.9 Å². The number of hydrogen-bond acceptors (Lipinski definition) is 8. The Hall–Kier alpha value is -2.68. The number of rotatable bonds is 6. The van der Waals surface area contributed by atoms with Gasteiger partial charge in [-0.15, -0.1) is 5.10 Å². The second kappa shape index (κ2) is 6.83. The number of hydrogen-bond donors (Lipinski definition) is 0. The molecular weight excluding hydrogens is 330 g/mol. The number of carbonyl (C=O) groups excluding carboxylic acids is 1. The van der Waals surface area contributed by atoms with Crippen molar-refractivity contribution in [3.05, 3.63) is 30.6 Å². The first-order chi connectivity index (χ1) is 11.6. The maximum Gasteiger partial charge on any atom is 0.187 e. The molecule has 2 aromatic heterocycles. The number of methoxy groups -OCH3 is 1. The smallest absolute Gasteiger partial charge is 0.187 e. The van der Waals surface area contributed by atoms with Crippen LogP contribution in [0.3, 0.4) is 0 Å². The van der Waals surface area contributed by atoms with Crippen LogP contribution in [0.2, 0.25) is 0 Å². The highest BCUT2D eigenvalue weighted by molar-refractivity contribution is 8.00. The van der Waals surface area contributed by atoms with Gasteiger partial charge in [0, 0.05) is 0 Å². The van der Waals surface area contributed by atoms with E-state index in [1.807, 2.05) is 24.3 Å². The van der Waals surface area contributed by atoms with Crippen molar-refractivity contribution < 1.29 is 14.6 Å². The molecule has 0 bridgehead atoms. The summed E-state index contributed by atoms with van der Waals surface area (Å²) in [5.74, 6) is -0.398. The Labute approximate surface area is 141 Å². The Bertz CT molecular complexity index is 865. The summed E-state index contributed by atoms with van der Waals surface area (Å²) in [5, 5.41) is 19.1. The minimum Gasteiger partial charge on any atom is -0.549 e. The molecule has 0 aliphatic heterocycles. The predicted molar refractivity (Wildman–Crippen MR) is 86.0 cm³/mol. The van der Waals surface area contributed by atoms with Crippen molar-refractivity contribution in [2.45, 2.75) is 23.6 Å². The highest BCUT2D eigenvalue weighted by Crippen LogP contribution is 2.28. The minimum absolute atomic E-state index is 0.422. The van der Waals surface area contributed by atoms with Crippen LogP contribution >= 0.6 is 11.8 Å². The molecule has 8 nitrogen and oxygen atoms in total. The molecule has 0 aliphatic carbocycles. The quantitative estimate of drug-likeness (QED) is 0.478. The second-order valence-corrected chi connectivity index (χ2v) is 6.08. The monoisotopic (exact) mass is 344 g/mol. The van der Waals surface area contributed by atoms with E-state index >= 15 is 0 Å². The van der Waals surface area contributed by atoms with E-state index in [4.69, 9.17) is 4.74 Å². The molecule has 0 saturated carbocycles. The predicted octanol–water partition coefficient (Wildman–Crippen LogP) is 0.840. The van der Waals surface area contributed by atoms with Crippen LogP contribution in [0.1, 0.15) is 13.3 Å². The third kappa shape index (κ3) is 3.02. The number of carboxylic acid groups (broad SMARTS) is 1. The molecule has 0 N–H and O–H groups in total. The molecule has 0 amide bonds. The molecule has 0 fully saturated rings. The van der Waals surface area contributed by atoms with E-state index < -0.39 is 11.2 Å². The van der Waals surface area contributed by atoms with Gasteiger partial charge in [0.15, 0.2) is 11.2 Å². The molecule has 124 valence electrons. The summed E-state index contributed by atoms with van der Waals surface area (Å²) < 4.78 is 6.71. The van der Waals surface area contributed by atoms with Crippen molar-refractivity contribution >= 4 is 28.9 Å². The van der Waals surface area contributed by atoms with Crippen molar-refractivity contribution in [1.82, 2.24) is 25.0 Å². The number of fused-ring (bicyclic) bond motifs is 1. The Balaban J connectivity index is 2.00. The zero-order valence-electron chi connectivity index (χ0n) is 13.0. The Morgan fingerprint density at radius 1 is 1.33 bits per heavy atom. The van der Waals surface area contributed by atoms with Crippen LogP contribution in [0.5, 0.6) is 5.75 Å². The number of carboxylic acids is 1. The van der Waals surface area contributed by atoms with Crippen LogP contribution in [0.15, 0.2) is 35.6 Å². The maximum absolute atomic E-state index is 11.1. The van der Waals surface area contributed by atoms with Crippen molar-refractivity contribution in [2.75, 3.05) is 7.11 Å². The van der Waals surface area contributed by atoms with E-state index in [0.717, 1.165) is 23.2 Å². The van der Waals surface area contributed by atoms with Gasteiger partial charge in [-0.25, -0.2) is 9.97 Å². The second-order valence-electron chi connectivity index (χ2n) is 4.88. The van der Waals surface area contributed by atoms with Gasteiger partial charge in [-0.2, -0.15) is 4.68 Å². The van der Waals surface area contributed by atoms with E-state index in [1.54, 1.807) is 18.7 Å². The first-order valence-corrected chi connectivity index (χ1v) is 8.10. The highest BCUT2D eigenvalue weighted by atomic mass is 32.2. The third-order valence-corrected chi connectivity index (χ3v) is 4.74. The zero-order valence-corrected chi connectivity index (χ0v) is 13.9. The zero-order chi connectivity index (χ0) is 17.1. The van der Waals surface area contributed by atoms with E-state index in [9.17, 15) is 9.90 Å². The van der Waals surface area contributed by atoms with Gasteiger partial charge in [0.1, 0.15) is 17.1 Å². The van der Waals surface area contributed by atoms with Crippen molar-refractivity contribution in [3.8, 4) is 11.4 Å². The molecular formula is C15H14N5O3S-. The van der Waals surface area contributed by atoms with Gasteiger partial charge in [-0.3, -0.25) is 0 Å². The summed E-state index contributed by atoms with van der Waals surface area (Å²) in [6, 6.07) is 7.28. The Morgan fingerprint density at radius 3 is 2.71 bits per heavy atom. The molecule has 9 heteroatoms. The molecule has 0 saturated heterocycles. The summed E-state index contributed by atoms with van der Waals surface area (Å²) in [6.45, 7) is 1.78. The van der Waals surface area contributed by atoms with E-state index in [0.29, 0.717) is 22.6 Å². The first-order valence-electron chi connectivity index (χ1n) is 7.22. The van der Waals surface area contributed by atoms with E-state index in [-0.39, 0.29) is 0 Å². The van der Waals surface area contributed by atoms with Gasteiger partial charge < -0.3 is 14.6 Å². The van der Waals surface area contributed by atoms with E-state index in [1.165, 1.54) is 6.33 Å². The summed E-state index contributed by atoms with van der Waals surface area (Å²) in [6.07, 6.45) is 1.79. The standard InChI is InChI=1S/C15H15N5O3S/c1-3-11(15(21)22)24-14-12-13(16-8-17-14)20(19-18-12)9-4-6-10(23-2)7-5-9/h4-8,11H,3H2,1-2H3,(H,21,22)/p-1/t11-/m0/s1. The number of benzene rings is 1. The fourth-order valence-corrected chi connectivity index (χ4v) is 3.03. The number of aliphatic carboxylic acids is 1. The lowest BCUT2D eigenvalue weighted by molar-refractivity contribution is -0.304. The van der Waals surface area contributed by atoms with Crippen molar-refractivity contribution in [1.29, 1.82) is 0 Å². The summed E-state index contributed by atoms with van der Waals surface area (Å²) >= 11 is 1.09. The summed E-state index contributed by atoms with van der Waals surface area (Å²) in [7, 11) is 1.60. The van der Waals surface area contributed by atoms with Crippen LogP contribution in [-0.2, 0) is 4.79 Å². The topological polar surface area (TPSA) is 106 Å². The fourth-order valence-electron chi connectivity index (χ4n) is 2.14. The van der Waals surface area contributed by atoms with Crippen LogP contribution in [0.4, 0.5) is 0 Å². The van der Waals surface area contributed by atoms with Gasteiger partial charge in [-0.05, 0) is 30.7 Å². The minimum atomic E-state index is -1.13. The van der Waals surface area contributed by atoms with Gasteiger partial charge >= 0.3 is 0 Å². The average molecular weight is 344 g/mol. The van der Waals surface area contributed by atoms with Crippen LogP contribution in [0, 0.1) is 0 Å². The van der Waals surface area contributed by atoms with Gasteiger partial charge in [0.05, 0.1) is 24.0 Å². The number of carbonyl (C=O) groups is 1. The molecule has 24 heavy (non-hydrogen) atoms. The molecule has 0 radical (unpaired) electrons. The number of nitrogens with zero attached hydrogens (tertiary/aromatic N) is 5. The van der Waals surface area contributed by atoms with E-state index in [2.05, 4.69) is 20.3 Å². The molecule has 1 atom stereocenters. The molecule has 2 heterocycles. The largest absolute Gasteiger partial charge is 0.549 e. The SMILES string of the molecule is CC[C@H](Sc1ncnc2c1nnn2-c1ccc(OC)cc1)C(=O)[O-]. The fraction of sp³-hybridized carbons (Fsp3) is 0.267. The highest BCUT2D eigenvalue weighted by Gasteiger charge is 2.17. The molecule has 3 aromatic rings. The van der Waals surface area contributed by atoms with Gasteiger partial charge in [0.25, 0.3) is 0 Å². The first kappa shape index (κ1) is 16.2. The molecule has 1 aromatic carbocycles. The molecule has 0 unspecified atom stereocenters. The van der Waals surface area contributed by atoms with Crippen molar-refractivity contribution in [2.24, 2.45) is 0 Å². The average Bonchev–Trinajstić information content (AvgIpc) is 3.04. The third-order valence-electron chi connectivity index (χ3n) is 3.41. The van der Waals surface area contributed by atoms with Gasteiger partial charge in [0.2, 0.25) is 0 Å². The lowest BCUT2D eigenvalue weighted by atomic mass is 10.3.